The van der Waals surface area contributed by atoms with E-state index in [9.17, 15) is 18.5 Å². The van der Waals surface area contributed by atoms with Crippen molar-refractivity contribution in [3.05, 3.63) is 28.3 Å². The second-order valence-electron chi connectivity index (χ2n) is 4.95. The Labute approximate surface area is 111 Å². The Kier molecular flexibility index (Phi) is 4.16. The number of hydrogen-bond donors (Lipinski definition) is 1. The molecule has 8 heteroatoms. The highest BCUT2D eigenvalue weighted by Gasteiger charge is 2.26. The fourth-order valence-electron chi connectivity index (χ4n) is 1.45. The normalized spacial score (nSPS) is 12.2. The molecule has 1 aromatic rings. The molecule has 0 bridgehead atoms. The van der Waals surface area contributed by atoms with Crippen LogP contribution in [0, 0.1) is 10.1 Å². The molecule has 106 valence electrons. The molecule has 1 aromatic carbocycles. The molecule has 0 aliphatic carbocycles. The third-order valence-electron chi connectivity index (χ3n) is 2.09. The third kappa shape index (κ3) is 3.90. The van der Waals surface area contributed by atoms with Gasteiger partial charge < -0.3 is 4.74 Å². The maximum absolute atomic E-state index is 12.1. The van der Waals surface area contributed by atoms with Crippen LogP contribution in [0.15, 0.2) is 23.1 Å². The molecule has 0 aromatic heterocycles. The van der Waals surface area contributed by atoms with Crippen molar-refractivity contribution in [3.8, 4) is 5.75 Å². The van der Waals surface area contributed by atoms with Gasteiger partial charge in [-0.2, -0.15) is 0 Å². The molecule has 0 aliphatic heterocycles. The summed E-state index contributed by atoms with van der Waals surface area (Å²) in [6, 6.07) is 3.36. The van der Waals surface area contributed by atoms with E-state index in [0.29, 0.717) is 0 Å². The average molecular weight is 288 g/mol. The highest BCUT2D eigenvalue weighted by atomic mass is 32.2. The summed E-state index contributed by atoms with van der Waals surface area (Å²) in [5.74, 6) is -0.0639. The highest BCUT2D eigenvalue weighted by molar-refractivity contribution is 7.89. The zero-order chi connectivity index (χ0) is 14.8. The summed E-state index contributed by atoms with van der Waals surface area (Å²) in [4.78, 5) is 9.90. The van der Waals surface area contributed by atoms with E-state index in [0.717, 1.165) is 18.2 Å². The largest absolute Gasteiger partial charge is 0.495 e. The van der Waals surface area contributed by atoms with Crippen molar-refractivity contribution in [2.75, 3.05) is 7.11 Å². The molecule has 0 aliphatic rings. The summed E-state index contributed by atoms with van der Waals surface area (Å²) < 4.78 is 31.7. The molecule has 0 spiro atoms. The lowest BCUT2D eigenvalue weighted by molar-refractivity contribution is -0.385. The van der Waals surface area contributed by atoms with E-state index in [1.165, 1.54) is 7.11 Å². The zero-order valence-electron chi connectivity index (χ0n) is 11.1. The molecular weight excluding hydrogens is 272 g/mol. The number of ether oxygens (including phenoxy) is 1. The Morgan fingerprint density at radius 3 is 2.32 bits per heavy atom. The second-order valence-corrected chi connectivity index (χ2v) is 6.60. The molecule has 0 saturated heterocycles. The van der Waals surface area contributed by atoms with E-state index >= 15 is 0 Å². The van der Waals surface area contributed by atoms with Crippen LogP contribution in [0.5, 0.6) is 5.75 Å². The monoisotopic (exact) mass is 288 g/mol. The van der Waals surface area contributed by atoms with Crippen LogP contribution in [0.25, 0.3) is 0 Å². The maximum Gasteiger partial charge on any atom is 0.273 e. The third-order valence-corrected chi connectivity index (χ3v) is 3.89. The van der Waals surface area contributed by atoms with Crippen LogP contribution in [0.2, 0.25) is 0 Å². The van der Waals surface area contributed by atoms with E-state index in [1.807, 2.05) is 0 Å². The van der Waals surface area contributed by atoms with E-state index in [1.54, 1.807) is 20.8 Å². The number of sulfonamides is 1. The number of rotatable bonds is 4. The predicted octanol–water partition coefficient (Wildman–Crippen LogP) is 1.68. The Balaban J connectivity index is 3.31. The summed E-state index contributed by atoms with van der Waals surface area (Å²) in [7, 11) is -2.54. The lowest BCUT2D eigenvalue weighted by Crippen LogP contribution is -2.40. The molecule has 0 amide bonds. The summed E-state index contributed by atoms with van der Waals surface area (Å²) in [6.45, 7) is 5.09. The van der Waals surface area contributed by atoms with Gasteiger partial charge in [0.25, 0.3) is 5.69 Å². The first-order chi connectivity index (χ1) is 8.57. The number of non-ortho nitro benzene ring substituents is 1. The van der Waals surface area contributed by atoms with E-state index in [4.69, 9.17) is 4.74 Å². The SMILES string of the molecule is COc1cc([N+](=O)[O-])ccc1S(=O)(=O)NC(C)(C)C. The van der Waals surface area contributed by atoms with Crippen LogP contribution in [0.4, 0.5) is 5.69 Å². The van der Waals surface area contributed by atoms with E-state index in [-0.39, 0.29) is 16.3 Å². The number of hydrogen-bond acceptors (Lipinski definition) is 5. The van der Waals surface area contributed by atoms with Crippen LogP contribution in [-0.4, -0.2) is 26.0 Å². The number of nitro groups is 1. The minimum atomic E-state index is -3.80. The van der Waals surface area contributed by atoms with Gasteiger partial charge in [0, 0.05) is 11.6 Å². The van der Waals surface area contributed by atoms with Gasteiger partial charge >= 0.3 is 0 Å². The first-order valence-electron chi connectivity index (χ1n) is 5.43. The second kappa shape index (κ2) is 5.14. The first kappa shape index (κ1) is 15.4. The minimum Gasteiger partial charge on any atom is -0.495 e. The van der Waals surface area contributed by atoms with Crippen molar-refractivity contribution in [2.45, 2.75) is 31.2 Å². The Morgan fingerprint density at radius 2 is 1.89 bits per heavy atom. The van der Waals surface area contributed by atoms with E-state index in [2.05, 4.69) is 4.72 Å². The summed E-state index contributed by atoms with van der Waals surface area (Å²) in [5.41, 5.74) is -0.891. The highest BCUT2D eigenvalue weighted by Crippen LogP contribution is 2.28. The average Bonchev–Trinajstić information content (AvgIpc) is 2.24. The van der Waals surface area contributed by atoms with Gasteiger partial charge in [-0.3, -0.25) is 10.1 Å². The van der Waals surface area contributed by atoms with Gasteiger partial charge in [-0.05, 0) is 26.8 Å². The van der Waals surface area contributed by atoms with Crippen LogP contribution >= 0.6 is 0 Å². The molecule has 0 atom stereocenters. The fourth-order valence-corrected chi connectivity index (χ4v) is 3.02. The lowest BCUT2D eigenvalue weighted by Gasteiger charge is -2.21. The maximum atomic E-state index is 12.1. The summed E-state index contributed by atoms with van der Waals surface area (Å²) in [5, 5.41) is 10.6. The summed E-state index contributed by atoms with van der Waals surface area (Å²) in [6.07, 6.45) is 0. The zero-order valence-corrected chi connectivity index (χ0v) is 11.9. The first-order valence-corrected chi connectivity index (χ1v) is 6.91. The van der Waals surface area contributed by atoms with Crippen LogP contribution in [0.1, 0.15) is 20.8 Å². The summed E-state index contributed by atoms with van der Waals surface area (Å²) >= 11 is 0. The quantitative estimate of drug-likeness (QED) is 0.671. The van der Waals surface area contributed by atoms with Crippen LogP contribution in [0.3, 0.4) is 0 Å². The van der Waals surface area contributed by atoms with Crippen molar-refractivity contribution in [1.82, 2.24) is 4.72 Å². The van der Waals surface area contributed by atoms with Crippen molar-refractivity contribution in [2.24, 2.45) is 0 Å². The van der Waals surface area contributed by atoms with Gasteiger partial charge in [-0.1, -0.05) is 0 Å². The van der Waals surface area contributed by atoms with Gasteiger partial charge in [0.15, 0.2) is 0 Å². The van der Waals surface area contributed by atoms with E-state index < -0.39 is 20.5 Å². The molecule has 19 heavy (non-hydrogen) atoms. The van der Waals surface area contributed by atoms with Gasteiger partial charge in [-0.15, -0.1) is 0 Å². The molecule has 0 saturated carbocycles. The number of benzene rings is 1. The molecule has 0 radical (unpaired) electrons. The van der Waals surface area contributed by atoms with Crippen molar-refractivity contribution in [1.29, 1.82) is 0 Å². The van der Waals surface area contributed by atoms with Crippen molar-refractivity contribution < 1.29 is 18.1 Å². The topological polar surface area (TPSA) is 98.5 Å². The number of nitrogens with zero attached hydrogens (tertiary/aromatic N) is 1. The Morgan fingerprint density at radius 1 is 1.32 bits per heavy atom. The molecule has 0 fully saturated rings. The minimum absolute atomic E-state index is 0.0639. The Bertz CT molecular complexity index is 590. The molecule has 1 rings (SSSR count). The van der Waals surface area contributed by atoms with Gasteiger partial charge in [0.1, 0.15) is 10.6 Å². The van der Waals surface area contributed by atoms with Crippen molar-refractivity contribution in [3.63, 3.8) is 0 Å². The van der Waals surface area contributed by atoms with Crippen LogP contribution < -0.4 is 9.46 Å². The molecular formula is C11H16N2O5S. The van der Waals surface area contributed by atoms with Gasteiger partial charge in [0.05, 0.1) is 18.1 Å². The predicted molar refractivity (Wildman–Crippen MR) is 69.7 cm³/mol. The smallest absolute Gasteiger partial charge is 0.273 e. The molecule has 0 unspecified atom stereocenters. The fraction of sp³-hybridized carbons (Fsp3) is 0.455. The number of nitro benzene ring substituents is 1. The molecule has 1 N–H and O–H groups in total. The molecule has 7 nitrogen and oxygen atoms in total. The number of nitrogens with one attached hydrogen (secondary N) is 1. The van der Waals surface area contributed by atoms with Crippen molar-refractivity contribution >= 4 is 15.7 Å². The number of methoxy groups -OCH3 is 1. The van der Waals surface area contributed by atoms with Gasteiger partial charge in [-0.25, -0.2) is 13.1 Å². The molecule has 0 heterocycles. The van der Waals surface area contributed by atoms with Crippen LogP contribution in [-0.2, 0) is 10.0 Å². The van der Waals surface area contributed by atoms with Gasteiger partial charge in [0.2, 0.25) is 10.0 Å². The lowest BCUT2D eigenvalue weighted by atomic mass is 10.1. The standard InChI is InChI=1S/C11H16N2O5S/c1-11(2,3)12-19(16,17)10-6-5-8(13(14)15)7-9(10)18-4/h5-7,12H,1-4H3. The Hall–Kier alpha value is -1.67.